The standard InChI is InChI=1S/C11H10O2/c1-2-7-5-8-6-9(12)3-4-10(8)11(7)13/h2-4,6,12H,5H2,1H3/b7-2-. The summed E-state index contributed by atoms with van der Waals surface area (Å²) in [5.41, 5.74) is 2.48. The molecule has 0 amide bonds. The number of phenolic OH excluding ortho intramolecular Hbond substituents is 1. The predicted octanol–water partition coefficient (Wildman–Crippen LogP) is 2.08. The highest BCUT2D eigenvalue weighted by molar-refractivity contribution is 6.13. The number of allylic oxidation sites excluding steroid dienone is 2. The Bertz CT molecular complexity index is 403. The van der Waals surface area contributed by atoms with Crippen LogP contribution in [0.2, 0.25) is 0 Å². The SMILES string of the molecule is C/C=C1/Cc2cc(O)ccc2C1=O. The number of aromatic hydroxyl groups is 1. The van der Waals surface area contributed by atoms with E-state index in [4.69, 9.17) is 0 Å². The zero-order valence-electron chi connectivity index (χ0n) is 7.37. The molecule has 0 heterocycles. The molecule has 1 aromatic carbocycles. The van der Waals surface area contributed by atoms with E-state index in [2.05, 4.69) is 0 Å². The number of hydrogen-bond donors (Lipinski definition) is 1. The zero-order chi connectivity index (χ0) is 9.42. The first-order valence-corrected chi connectivity index (χ1v) is 4.24. The van der Waals surface area contributed by atoms with E-state index in [9.17, 15) is 9.90 Å². The first kappa shape index (κ1) is 8.05. The smallest absolute Gasteiger partial charge is 0.189 e. The number of phenols is 1. The number of rotatable bonds is 0. The van der Waals surface area contributed by atoms with Crippen molar-refractivity contribution in [1.82, 2.24) is 0 Å². The van der Waals surface area contributed by atoms with E-state index < -0.39 is 0 Å². The fourth-order valence-electron chi connectivity index (χ4n) is 1.64. The molecule has 0 bridgehead atoms. The van der Waals surface area contributed by atoms with Crippen molar-refractivity contribution in [3.63, 3.8) is 0 Å². The van der Waals surface area contributed by atoms with Gasteiger partial charge in [0.25, 0.3) is 0 Å². The van der Waals surface area contributed by atoms with Gasteiger partial charge in [-0.1, -0.05) is 6.08 Å². The normalized spacial score (nSPS) is 17.9. The van der Waals surface area contributed by atoms with Gasteiger partial charge in [0, 0.05) is 17.6 Å². The van der Waals surface area contributed by atoms with Gasteiger partial charge in [-0.2, -0.15) is 0 Å². The Labute approximate surface area is 76.5 Å². The molecule has 0 radical (unpaired) electrons. The molecule has 0 unspecified atom stereocenters. The van der Waals surface area contributed by atoms with E-state index in [1.54, 1.807) is 18.2 Å². The van der Waals surface area contributed by atoms with Crippen molar-refractivity contribution in [3.8, 4) is 5.75 Å². The van der Waals surface area contributed by atoms with Gasteiger partial charge in [-0.05, 0) is 30.7 Å². The number of Topliss-reactive ketones (excluding diaryl/α,β-unsaturated/α-hetero) is 1. The minimum atomic E-state index is 0.0949. The molecule has 0 saturated heterocycles. The fraction of sp³-hybridized carbons (Fsp3) is 0.182. The number of benzene rings is 1. The van der Waals surface area contributed by atoms with Crippen LogP contribution in [-0.4, -0.2) is 10.9 Å². The molecule has 66 valence electrons. The molecule has 1 N–H and O–H groups in total. The summed E-state index contributed by atoms with van der Waals surface area (Å²) in [5, 5.41) is 9.21. The van der Waals surface area contributed by atoms with Crippen LogP contribution in [0, 0.1) is 0 Å². The van der Waals surface area contributed by atoms with E-state index in [-0.39, 0.29) is 11.5 Å². The molecule has 0 atom stereocenters. The molecule has 1 aromatic rings. The second-order valence-corrected chi connectivity index (χ2v) is 3.16. The molecule has 0 fully saturated rings. The van der Waals surface area contributed by atoms with Crippen molar-refractivity contribution in [2.24, 2.45) is 0 Å². The molecule has 1 aliphatic rings. The summed E-state index contributed by atoms with van der Waals surface area (Å²) in [6.07, 6.45) is 2.48. The van der Waals surface area contributed by atoms with Crippen molar-refractivity contribution in [2.75, 3.05) is 0 Å². The maximum absolute atomic E-state index is 11.6. The van der Waals surface area contributed by atoms with Crippen LogP contribution < -0.4 is 0 Å². The summed E-state index contributed by atoms with van der Waals surface area (Å²) < 4.78 is 0. The minimum Gasteiger partial charge on any atom is -0.508 e. The summed E-state index contributed by atoms with van der Waals surface area (Å²) in [4.78, 5) is 11.6. The Morgan fingerprint density at radius 3 is 2.92 bits per heavy atom. The predicted molar refractivity (Wildman–Crippen MR) is 49.9 cm³/mol. The van der Waals surface area contributed by atoms with Crippen molar-refractivity contribution < 1.29 is 9.90 Å². The Morgan fingerprint density at radius 1 is 1.46 bits per heavy atom. The lowest BCUT2D eigenvalue weighted by molar-refractivity contribution is 0.103. The maximum atomic E-state index is 11.6. The number of ketones is 1. The summed E-state index contributed by atoms with van der Waals surface area (Å²) >= 11 is 0. The number of carbonyl (C=O) groups excluding carboxylic acids is 1. The second kappa shape index (κ2) is 2.73. The van der Waals surface area contributed by atoms with Crippen LogP contribution in [-0.2, 0) is 6.42 Å². The van der Waals surface area contributed by atoms with Crippen molar-refractivity contribution in [1.29, 1.82) is 0 Å². The molecule has 2 rings (SSSR count). The lowest BCUT2D eigenvalue weighted by Gasteiger charge is -1.95. The molecule has 0 spiro atoms. The van der Waals surface area contributed by atoms with Crippen LogP contribution >= 0.6 is 0 Å². The van der Waals surface area contributed by atoms with Crippen LogP contribution in [0.4, 0.5) is 0 Å². The number of carbonyl (C=O) groups is 1. The van der Waals surface area contributed by atoms with E-state index in [0.717, 1.165) is 16.7 Å². The molecular formula is C11H10O2. The van der Waals surface area contributed by atoms with Crippen LogP contribution in [0.25, 0.3) is 0 Å². The van der Waals surface area contributed by atoms with Gasteiger partial charge in [0.1, 0.15) is 5.75 Å². The van der Waals surface area contributed by atoms with Gasteiger partial charge >= 0.3 is 0 Å². The topological polar surface area (TPSA) is 37.3 Å². The monoisotopic (exact) mass is 174 g/mol. The maximum Gasteiger partial charge on any atom is 0.189 e. The van der Waals surface area contributed by atoms with Gasteiger partial charge in [-0.15, -0.1) is 0 Å². The third kappa shape index (κ3) is 1.15. The Kier molecular flexibility index (Phi) is 1.69. The van der Waals surface area contributed by atoms with Crippen LogP contribution in [0.3, 0.4) is 0 Å². The van der Waals surface area contributed by atoms with E-state index >= 15 is 0 Å². The fourth-order valence-corrected chi connectivity index (χ4v) is 1.64. The highest BCUT2D eigenvalue weighted by Crippen LogP contribution is 2.28. The van der Waals surface area contributed by atoms with Crippen LogP contribution in [0.5, 0.6) is 5.75 Å². The summed E-state index contributed by atoms with van der Waals surface area (Å²) in [6, 6.07) is 4.89. The van der Waals surface area contributed by atoms with Crippen LogP contribution in [0.15, 0.2) is 29.8 Å². The van der Waals surface area contributed by atoms with Gasteiger partial charge in [0.05, 0.1) is 0 Å². The van der Waals surface area contributed by atoms with Crippen LogP contribution in [0.1, 0.15) is 22.8 Å². The molecular weight excluding hydrogens is 164 g/mol. The van der Waals surface area contributed by atoms with E-state index in [0.29, 0.717) is 6.42 Å². The average molecular weight is 174 g/mol. The molecule has 1 aliphatic carbocycles. The first-order chi connectivity index (χ1) is 6.22. The Balaban J connectivity index is 2.56. The van der Waals surface area contributed by atoms with Crippen molar-refractivity contribution >= 4 is 5.78 Å². The lowest BCUT2D eigenvalue weighted by Crippen LogP contribution is -1.93. The summed E-state index contributed by atoms with van der Waals surface area (Å²) in [6.45, 7) is 1.86. The minimum absolute atomic E-state index is 0.0949. The van der Waals surface area contributed by atoms with Crippen molar-refractivity contribution in [3.05, 3.63) is 41.0 Å². The summed E-state index contributed by atoms with van der Waals surface area (Å²) in [5.74, 6) is 0.321. The van der Waals surface area contributed by atoms with Gasteiger partial charge < -0.3 is 5.11 Å². The third-order valence-corrected chi connectivity index (χ3v) is 2.35. The highest BCUT2D eigenvalue weighted by atomic mass is 16.3. The molecule has 0 aliphatic heterocycles. The number of hydrogen-bond acceptors (Lipinski definition) is 2. The molecule has 2 nitrogen and oxygen atoms in total. The molecule has 2 heteroatoms. The molecule has 13 heavy (non-hydrogen) atoms. The van der Waals surface area contributed by atoms with Gasteiger partial charge in [-0.3, -0.25) is 4.79 Å². The van der Waals surface area contributed by atoms with Gasteiger partial charge in [0.15, 0.2) is 5.78 Å². The summed E-state index contributed by atoms with van der Waals surface area (Å²) in [7, 11) is 0. The third-order valence-electron chi connectivity index (χ3n) is 2.35. The largest absolute Gasteiger partial charge is 0.508 e. The lowest BCUT2D eigenvalue weighted by atomic mass is 10.1. The van der Waals surface area contributed by atoms with Gasteiger partial charge in [-0.25, -0.2) is 0 Å². The van der Waals surface area contributed by atoms with Gasteiger partial charge in [0.2, 0.25) is 0 Å². The highest BCUT2D eigenvalue weighted by Gasteiger charge is 2.23. The van der Waals surface area contributed by atoms with E-state index in [1.165, 1.54) is 0 Å². The quantitative estimate of drug-likeness (QED) is 0.611. The average Bonchev–Trinajstić information content (AvgIpc) is 2.42. The molecule has 0 aromatic heterocycles. The first-order valence-electron chi connectivity index (χ1n) is 4.24. The van der Waals surface area contributed by atoms with E-state index in [1.807, 2.05) is 13.0 Å². The zero-order valence-corrected chi connectivity index (χ0v) is 7.37. The Morgan fingerprint density at radius 2 is 2.23 bits per heavy atom. The van der Waals surface area contributed by atoms with Crippen molar-refractivity contribution in [2.45, 2.75) is 13.3 Å². The Hall–Kier alpha value is -1.57. The second-order valence-electron chi connectivity index (χ2n) is 3.16. The molecule has 0 saturated carbocycles. The number of fused-ring (bicyclic) bond motifs is 1.